The Balaban J connectivity index is 2.16. The zero-order valence-electron chi connectivity index (χ0n) is 13.5. The van der Waals surface area contributed by atoms with Gasteiger partial charge in [-0.2, -0.15) is 0 Å². The maximum Gasteiger partial charge on any atom is 0.337 e. The van der Waals surface area contributed by atoms with Crippen molar-refractivity contribution in [2.45, 2.75) is 13.5 Å². The van der Waals surface area contributed by atoms with Crippen molar-refractivity contribution < 1.29 is 19.2 Å². The Kier molecular flexibility index (Phi) is 5.28. The average molecular weight is 345 g/mol. The van der Waals surface area contributed by atoms with Gasteiger partial charge in [0.1, 0.15) is 6.54 Å². The van der Waals surface area contributed by atoms with Crippen LogP contribution in [0.1, 0.15) is 16.1 Å². The molecule has 2 rings (SSSR count). The second-order valence-corrected chi connectivity index (χ2v) is 5.13. The third-order valence-corrected chi connectivity index (χ3v) is 3.46. The first kappa shape index (κ1) is 17.9. The number of esters is 1. The van der Waals surface area contributed by atoms with E-state index in [0.717, 1.165) is 10.6 Å². The molecule has 0 saturated carbocycles. The summed E-state index contributed by atoms with van der Waals surface area (Å²) in [6, 6.07) is 8.48. The molecule has 0 aliphatic carbocycles. The number of aromatic nitrogens is 1. The molecule has 0 unspecified atom stereocenters. The highest BCUT2D eigenvalue weighted by Gasteiger charge is 2.17. The van der Waals surface area contributed by atoms with Crippen molar-refractivity contribution in [3.63, 3.8) is 0 Å². The van der Waals surface area contributed by atoms with E-state index in [4.69, 9.17) is 0 Å². The van der Waals surface area contributed by atoms with Gasteiger partial charge in [0.05, 0.1) is 17.6 Å². The quantitative estimate of drug-likeness (QED) is 0.498. The number of carbonyl (C=O) groups excluding carboxylic acids is 2. The van der Waals surface area contributed by atoms with Crippen molar-refractivity contribution in [3.05, 3.63) is 68.1 Å². The van der Waals surface area contributed by atoms with Gasteiger partial charge in [-0.15, -0.1) is 0 Å². The molecular formula is C16H15N3O6. The van der Waals surface area contributed by atoms with Crippen LogP contribution in [0.3, 0.4) is 0 Å². The lowest BCUT2D eigenvalue weighted by Gasteiger charge is -2.10. The Morgan fingerprint density at radius 3 is 2.40 bits per heavy atom. The minimum Gasteiger partial charge on any atom is -0.465 e. The summed E-state index contributed by atoms with van der Waals surface area (Å²) in [6.45, 7) is 1.20. The summed E-state index contributed by atoms with van der Waals surface area (Å²) in [4.78, 5) is 45.6. The number of pyridine rings is 1. The Bertz CT molecular complexity index is 886. The first-order valence-electron chi connectivity index (χ1n) is 7.16. The van der Waals surface area contributed by atoms with Gasteiger partial charge in [0.2, 0.25) is 5.91 Å². The summed E-state index contributed by atoms with van der Waals surface area (Å²) in [5.41, 5.74) is -0.283. The Morgan fingerprint density at radius 2 is 1.84 bits per heavy atom. The van der Waals surface area contributed by atoms with Crippen LogP contribution >= 0.6 is 0 Å². The number of benzene rings is 1. The third kappa shape index (κ3) is 4.08. The first-order chi connectivity index (χ1) is 11.8. The molecule has 0 saturated heterocycles. The summed E-state index contributed by atoms with van der Waals surface area (Å²) in [5.74, 6) is -1.03. The van der Waals surface area contributed by atoms with E-state index in [2.05, 4.69) is 10.1 Å². The predicted octanol–water partition coefficient (Wildman–Crippen LogP) is 1.49. The number of carbonyl (C=O) groups is 2. The SMILES string of the molecule is COC(=O)c1ccc(NC(=O)Cn2c(C)ccc([N+](=O)[O-])c2=O)cc1. The number of nitrogens with one attached hydrogen (secondary N) is 1. The molecule has 9 nitrogen and oxygen atoms in total. The van der Waals surface area contributed by atoms with Gasteiger partial charge in [-0.25, -0.2) is 4.79 Å². The molecule has 9 heteroatoms. The zero-order valence-corrected chi connectivity index (χ0v) is 13.5. The number of amides is 1. The molecule has 130 valence electrons. The molecule has 1 aromatic carbocycles. The summed E-state index contributed by atoms with van der Waals surface area (Å²) in [5, 5.41) is 13.4. The van der Waals surface area contributed by atoms with E-state index in [1.807, 2.05) is 0 Å². The highest BCUT2D eigenvalue weighted by atomic mass is 16.6. The van der Waals surface area contributed by atoms with Crippen molar-refractivity contribution in [2.24, 2.45) is 0 Å². The molecule has 1 aromatic heterocycles. The molecule has 0 bridgehead atoms. The second kappa shape index (κ2) is 7.39. The molecule has 2 aromatic rings. The van der Waals surface area contributed by atoms with Gasteiger partial charge in [-0.1, -0.05) is 0 Å². The fourth-order valence-corrected chi connectivity index (χ4v) is 2.15. The number of aryl methyl sites for hydroxylation is 1. The molecule has 0 aliphatic heterocycles. The number of rotatable bonds is 5. The highest BCUT2D eigenvalue weighted by Crippen LogP contribution is 2.11. The summed E-state index contributed by atoms with van der Waals surface area (Å²) >= 11 is 0. The molecule has 0 aliphatic rings. The zero-order chi connectivity index (χ0) is 18.6. The molecule has 1 amide bonds. The number of nitro groups is 1. The maximum absolute atomic E-state index is 12.1. The summed E-state index contributed by atoms with van der Waals surface area (Å²) in [7, 11) is 1.26. The van der Waals surface area contributed by atoms with Crippen LogP contribution in [0.2, 0.25) is 0 Å². The number of anilines is 1. The minimum atomic E-state index is -0.846. The molecule has 0 radical (unpaired) electrons. The van der Waals surface area contributed by atoms with Crippen LogP contribution in [0.4, 0.5) is 11.4 Å². The maximum atomic E-state index is 12.1. The predicted molar refractivity (Wildman–Crippen MR) is 88.5 cm³/mol. The smallest absolute Gasteiger partial charge is 0.337 e. The molecule has 0 spiro atoms. The van der Waals surface area contributed by atoms with Crippen molar-refractivity contribution in [2.75, 3.05) is 12.4 Å². The fourth-order valence-electron chi connectivity index (χ4n) is 2.15. The van der Waals surface area contributed by atoms with Crippen LogP contribution in [-0.4, -0.2) is 28.5 Å². The van der Waals surface area contributed by atoms with Crippen LogP contribution in [-0.2, 0) is 16.1 Å². The first-order valence-corrected chi connectivity index (χ1v) is 7.16. The van der Waals surface area contributed by atoms with E-state index in [1.165, 1.54) is 37.4 Å². The molecule has 1 heterocycles. The van der Waals surface area contributed by atoms with Crippen molar-refractivity contribution >= 4 is 23.3 Å². The fraction of sp³-hybridized carbons (Fsp3) is 0.188. The van der Waals surface area contributed by atoms with Gasteiger partial charge >= 0.3 is 17.2 Å². The lowest BCUT2D eigenvalue weighted by molar-refractivity contribution is -0.386. The topological polar surface area (TPSA) is 121 Å². The van der Waals surface area contributed by atoms with Gasteiger partial charge in [0.25, 0.3) is 0 Å². The van der Waals surface area contributed by atoms with Crippen LogP contribution in [0.25, 0.3) is 0 Å². The lowest BCUT2D eigenvalue weighted by Crippen LogP contribution is -2.30. The molecule has 25 heavy (non-hydrogen) atoms. The largest absolute Gasteiger partial charge is 0.465 e. The van der Waals surface area contributed by atoms with E-state index in [-0.39, 0.29) is 6.54 Å². The van der Waals surface area contributed by atoms with Gasteiger partial charge in [-0.05, 0) is 37.3 Å². The lowest BCUT2D eigenvalue weighted by atomic mass is 10.2. The van der Waals surface area contributed by atoms with Gasteiger partial charge in [0, 0.05) is 17.4 Å². The normalized spacial score (nSPS) is 10.2. The van der Waals surface area contributed by atoms with Gasteiger partial charge in [-0.3, -0.25) is 24.3 Å². The Morgan fingerprint density at radius 1 is 1.20 bits per heavy atom. The monoisotopic (exact) mass is 345 g/mol. The molecule has 0 atom stereocenters. The standard InChI is InChI=1S/C16H15N3O6/c1-10-3-8-13(19(23)24)15(21)18(10)9-14(20)17-12-6-4-11(5-7-12)16(22)25-2/h3-8H,9H2,1-2H3,(H,17,20). The van der Waals surface area contributed by atoms with Crippen molar-refractivity contribution in [3.8, 4) is 0 Å². The summed E-state index contributed by atoms with van der Waals surface area (Å²) in [6.07, 6.45) is 0. The third-order valence-electron chi connectivity index (χ3n) is 3.46. The van der Waals surface area contributed by atoms with E-state index in [0.29, 0.717) is 16.9 Å². The highest BCUT2D eigenvalue weighted by molar-refractivity contribution is 5.93. The number of methoxy groups -OCH3 is 1. The second-order valence-electron chi connectivity index (χ2n) is 5.13. The van der Waals surface area contributed by atoms with E-state index >= 15 is 0 Å². The van der Waals surface area contributed by atoms with Crippen LogP contribution < -0.4 is 10.9 Å². The van der Waals surface area contributed by atoms with Crippen LogP contribution in [0.5, 0.6) is 0 Å². The van der Waals surface area contributed by atoms with E-state index in [9.17, 15) is 24.5 Å². The number of nitrogens with zero attached hydrogens (tertiary/aromatic N) is 2. The molecular weight excluding hydrogens is 330 g/mol. The number of hydrogen-bond donors (Lipinski definition) is 1. The molecule has 0 fully saturated rings. The number of hydrogen-bond acceptors (Lipinski definition) is 6. The van der Waals surface area contributed by atoms with Crippen molar-refractivity contribution in [1.29, 1.82) is 0 Å². The van der Waals surface area contributed by atoms with Crippen molar-refractivity contribution in [1.82, 2.24) is 4.57 Å². The van der Waals surface area contributed by atoms with Gasteiger partial charge in [0.15, 0.2) is 0 Å². The average Bonchev–Trinajstić information content (AvgIpc) is 2.58. The molecule has 1 N–H and O–H groups in total. The summed E-state index contributed by atoms with van der Waals surface area (Å²) < 4.78 is 5.60. The van der Waals surface area contributed by atoms with Crippen LogP contribution in [0.15, 0.2) is 41.2 Å². The number of ether oxygens (including phenoxy) is 1. The Hall–Kier alpha value is -3.49. The van der Waals surface area contributed by atoms with Crippen LogP contribution in [0, 0.1) is 17.0 Å². The minimum absolute atomic E-state index is 0.325. The van der Waals surface area contributed by atoms with E-state index in [1.54, 1.807) is 6.92 Å². The Labute approximate surface area is 142 Å². The van der Waals surface area contributed by atoms with Gasteiger partial charge < -0.3 is 10.1 Å². The van der Waals surface area contributed by atoms with E-state index < -0.39 is 28.0 Å².